The van der Waals surface area contributed by atoms with E-state index in [1.807, 2.05) is 48.7 Å². The maximum absolute atomic E-state index is 13.1. The first kappa shape index (κ1) is 17.0. The van der Waals surface area contributed by atoms with Crippen molar-refractivity contribution in [3.05, 3.63) is 77.4 Å². The average Bonchev–Trinajstić information content (AvgIpc) is 3.21. The SMILES string of the molecule is Cc1ccc2nc(-c3ccc(C)o3)c(NC(=O)Cc3ccc(F)cc3)n2c1. The molecular formula is C21H18FN3O2. The van der Waals surface area contributed by atoms with Crippen molar-refractivity contribution in [1.82, 2.24) is 9.38 Å². The normalized spacial score (nSPS) is 11.1. The van der Waals surface area contributed by atoms with Crippen molar-refractivity contribution < 1.29 is 13.6 Å². The Balaban J connectivity index is 1.71. The fraction of sp³-hybridized carbons (Fsp3) is 0.143. The number of rotatable bonds is 4. The van der Waals surface area contributed by atoms with Crippen LogP contribution in [0.5, 0.6) is 0 Å². The summed E-state index contributed by atoms with van der Waals surface area (Å²) < 4.78 is 20.6. The van der Waals surface area contributed by atoms with Crippen LogP contribution in [-0.4, -0.2) is 15.3 Å². The van der Waals surface area contributed by atoms with E-state index in [0.29, 0.717) is 22.9 Å². The molecule has 1 amide bonds. The molecule has 4 aromatic rings. The number of hydrogen-bond donors (Lipinski definition) is 1. The Bertz CT molecular complexity index is 1130. The Morgan fingerprint density at radius 3 is 2.59 bits per heavy atom. The smallest absolute Gasteiger partial charge is 0.229 e. The topological polar surface area (TPSA) is 59.5 Å². The maximum atomic E-state index is 13.1. The number of anilines is 1. The number of nitrogens with zero attached hydrogens (tertiary/aromatic N) is 2. The lowest BCUT2D eigenvalue weighted by molar-refractivity contribution is -0.115. The van der Waals surface area contributed by atoms with E-state index in [4.69, 9.17) is 4.42 Å². The van der Waals surface area contributed by atoms with Crippen LogP contribution in [0, 0.1) is 19.7 Å². The first-order valence-electron chi connectivity index (χ1n) is 8.59. The molecule has 0 saturated carbocycles. The zero-order valence-electron chi connectivity index (χ0n) is 15.0. The number of imidazole rings is 1. The molecule has 0 radical (unpaired) electrons. The van der Waals surface area contributed by atoms with Crippen LogP contribution >= 0.6 is 0 Å². The van der Waals surface area contributed by atoms with E-state index in [1.54, 1.807) is 12.1 Å². The van der Waals surface area contributed by atoms with Gasteiger partial charge in [0.05, 0.1) is 6.42 Å². The lowest BCUT2D eigenvalue weighted by Gasteiger charge is -2.08. The molecule has 4 rings (SSSR count). The molecule has 0 aliphatic carbocycles. The van der Waals surface area contributed by atoms with Crippen LogP contribution in [0.3, 0.4) is 0 Å². The summed E-state index contributed by atoms with van der Waals surface area (Å²) in [6, 6.07) is 13.4. The third-order valence-electron chi connectivity index (χ3n) is 4.28. The molecule has 6 heteroatoms. The van der Waals surface area contributed by atoms with Gasteiger partial charge in [-0.15, -0.1) is 0 Å². The van der Waals surface area contributed by atoms with Gasteiger partial charge in [0, 0.05) is 6.20 Å². The predicted octanol–water partition coefficient (Wildman–Crippen LogP) is 4.53. The molecule has 1 N–H and O–H groups in total. The molecule has 0 atom stereocenters. The third kappa shape index (κ3) is 3.46. The van der Waals surface area contributed by atoms with Crippen LogP contribution in [0.1, 0.15) is 16.9 Å². The zero-order chi connectivity index (χ0) is 19.0. The van der Waals surface area contributed by atoms with Crippen molar-refractivity contribution >= 4 is 17.4 Å². The van der Waals surface area contributed by atoms with Gasteiger partial charge in [0.25, 0.3) is 0 Å². The molecule has 136 valence electrons. The van der Waals surface area contributed by atoms with Gasteiger partial charge in [0.2, 0.25) is 5.91 Å². The second kappa shape index (κ2) is 6.72. The standard InChI is InChI=1S/C21H18FN3O2/c1-13-3-10-18-23-20(17-9-4-14(2)27-17)21(25(18)12-13)24-19(26)11-15-5-7-16(22)8-6-15/h3-10,12H,11H2,1-2H3,(H,24,26). The van der Waals surface area contributed by atoms with E-state index in [1.165, 1.54) is 12.1 Å². The molecule has 0 aliphatic heterocycles. The summed E-state index contributed by atoms with van der Waals surface area (Å²) in [5, 5.41) is 2.94. The second-order valence-electron chi connectivity index (χ2n) is 6.51. The number of amides is 1. The molecule has 0 fully saturated rings. The molecule has 0 bridgehead atoms. The molecular weight excluding hydrogens is 345 g/mol. The van der Waals surface area contributed by atoms with Crippen molar-refractivity contribution in [1.29, 1.82) is 0 Å². The molecule has 0 unspecified atom stereocenters. The minimum Gasteiger partial charge on any atom is -0.460 e. The summed E-state index contributed by atoms with van der Waals surface area (Å²) in [6.07, 6.45) is 2.05. The molecule has 3 aromatic heterocycles. The van der Waals surface area contributed by atoms with Gasteiger partial charge < -0.3 is 9.73 Å². The number of halogens is 1. The van der Waals surface area contributed by atoms with Crippen LogP contribution in [0.2, 0.25) is 0 Å². The average molecular weight is 363 g/mol. The van der Waals surface area contributed by atoms with Crippen molar-refractivity contribution in [3.8, 4) is 11.5 Å². The monoisotopic (exact) mass is 363 g/mol. The van der Waals surface area contributed by atoms with Gasteiger partial charge in [-0.05, 0) is 55.3 Å². The first-order valence-corrected chi connectivity index (χ1v) is 8.59. The lowest BCUT2D eigenvalue weighted by atomic mass is 10.1. The highest BCUT2D eigenvalue weighted by atomic mass is 19.1. The highest BCUT2D eigenvalue weighted by Crippen LogP contribution is 2.30. The number of aryl methyl sites for hydroxylation is 2. The van der Waals surface area contributed by atoms with Gasteiger partial charge in [0.1, 0.15) is 28.7 Å². The van der Waals surface area contributed by atoms with Gasteiger partial charge in [-0.1, -0.05) is 18.2 Å². The van der Waals surface area contributed by atoms with Crippen LogP contribution in [0.15, 0.2) is 59.1 Å². The van der Waals surface area contributed by atoms with Crippen LogP contribution in [0.25, 0.3) is 17.1 Å². The van der Waals surface area contributed by atoms with Crippen LogP contribution in [-0.2, 0) is 11.2 Å². The Hall–Kier alpha value is -3.41. The zero-order valence-corrected chi connectivity index (χ0v) is 15.0. The fourth-order valence-electron chi connectivity index (χ4n) is 2.97. The van der Waals surface area contributed by atoms with E-state index in [9.17, 15) is 9.18 Å². The molecule has 3 heterocycles. The maximum Gasteiger partial charge on any atom is 0.229 e. The summed E-state index contributed by atoms with van der Waals surface area (Å²) in [5.74, 6) is 1.37. The Kier molecular flexibility index (Phi) is 4.24. The lowest BCUT2D eigenvalue weighted by Crippen LogP contribution is -2.16. The number of benzene rings is 1. The van der Waals surface area contributed by atoms with E-state index in [2.05, 4.69) is 10.3 Å². The highest BCUT2D eigenvalue weighted by molar-refractivity contribution is 5.95. The minimum absolute atomic E-state index is 0.135. The number of aromatic nitrogens is 2. The van der Waals surface area contributed by atoms with Gasteiger partial charge in [-0.25, -0.2) is 9.37 Å². The third-order valence-corrected chi connectivity index (χ3v) is 4.28. The second-order valence-corrected chi connectivity index (χ2v) is 6.51. The molecule has 27 heavy (non-hydrogen) atoms. The Morgan fingerprint density at radius 1 is 1.11 bits per heavy atom. The Morgan fingerprint density at radius 2 is 1.89 bits per heavy atom. The van der Waals surface area contributed by atoms with Crippen LogP contribution in [0.4, 0.5) is 10.2 Å². The van der Waals surface area contributed by atoms with E-state index >= 15 is 0 Å². The first-order chi connectivity index (χ1) is 13.0. The summed E-state index contributed by atoms with van der Waals surface area (Å²) in [7, 11) is 0. The minimum atomic E-state index is -0.327. The summed E-state index contributed by atoms with van der Waals surface area (Å²) in [5.41, 5.74) is 3.05. The number of pyridine rings is 1. The number of fused-ring (bicyclic) bond motifs is 1. The van der Waals surface area contributed by atoms with Crippen molar-refractivity contribution in [2.24, 2.45) is 0 Å². The highest BCUT2D eigenvalue weighted by Gasteiger charge is 2.19. The number of carbonyl (C=O) groups is 1. The summed E-state index contributed by atoms with van der Waals surface area (Å²) >= 11 is 0. The largest absolute Gasteiger partial charge is 0.460 e. The molecule has 0 saturated heterocycles. The van der Waals surface area contributed by atoms with Crippen molar-refractivity contribution in [3.63, 3.8) is 0 Å². The fourth-order valence-corrected chi connectivity index (χ4v) is 2.97. The van der Waals surface area contributed by atoms with E-state index in [0.717, 1.165) is 16.9 Å². The molecule has 1 aromatic carbocycles. The predicted molar refractivity (Wildman–Crippen MR) is 101 cm³/mol. The number of carbonyl (C=O) groups excluding carboxylic acids is 1. The number of nitrogens with one attached hydrogen (secondary N) is 1. The molecule has 5 nitrogen and oxygen atoms in total. The van der Waals surface area contributed by atoms with E-state index in [-0.39, 0.29) is 18.1 Å². The number of furan rings is 1. The Labute approximate surface area is 155 Å². The van der Waals surface area contributed by atoms with Gasteiger partial charge in [-0.2, -0.15) is 0 Å². The summed E-state index contributed by atoms with van der Waals surface area (Å²) in [6.45, 7) is 3.83. The summed E-state index contributed by atoms with van der Waals surface area (Å²) in [4.78, 5) is 17.2. The number of hydrogen-bond acceptors (Lipinski definition) is 3. The van der Waals surface area contributed by atoms with Gasteiger partial charge in [-0.3, -0.25) is 9.20 Å². The van der Waals surface area contributed by atoms with Crippen molar-refractivity contribution in [2.45, 2.75) is 20.3 Å². The van der Waals surface area contributed by atoms with Gasteiger partial charge in [0.15, 0.2) is 5.76 Å². The van der Waals surface area contributed by atoms with Crippen LogP contribution < -0.4 is 5.32 Å². The molecule has 0 aliphatic rings. The molecule has 0 spiro atoms. The quantitative estimate of drug-likeness (QED) is 0.579. The van der Waals surface area contributed by atoms with E-state index < -0.39 is 0 Å². The van der Waals surface area contributed by atoms with Crippen molar-refractivity contribution in [2.75, 3.05) is 5.32 Å². The van der Waals surface area contributed by atoms with Gasteiger partial charge >= 0.3 is 0 Å².